The van der Waals surface area contributed by atoms with Gasteiger partial charge in [0.2, 0.25) is 11.8 Å². The minimum atomic E-state index is -1.16. The predicted molar refractivity (Wildman–Crippen MR) is 271 cm³/mol. The molecule has 3 amide bonds. The third kappa shape index (κ3) is 12.7. The highest BCUT2D eigenvalue weighted by Crippen LogP contribution is 2.41. The highest BCUT2D eigenvalue weighted by molar-refractivity contribution is 7.59. The Labute approximate surface area is 403 Å². The van der Waals surface area contributed by atoms with Crippen molar-refractivity contribution in [2.45, 2.75) is 91.4 Å². The Hall–Kier alpha value is -4.88. The van der Waals surface area contributed by atoms with Crippen molar-refractivity contribution >= 4 is 81.0 Å². The van der Waals surface area contributed by atoms with Crippen LogP contribution in [0, 0.1) is 11.3 Å². The minimum absolute atomic E-state index is 0. The highest BCUT2D eigenvalue weighted by Gasteiger charge is 2.37. The number of carbonyl (C=O) groups excluding carboxylic acids is 4. The summed E-state index contributed by atoms with van der Waals surface area (Å²) in [7, 11) is 3.20. The van der Waals surface area contributed by atoms with Gasteiger partial charge in [0.25, 0.3) is 5.91 Å². The number of aryl methyl sites for hydroxylation is 1. The lowest BCUT2D eigenvalue weighted by molar-refractivity contribution is -0.155. The van der Waals surface area contributed by atoms with Gasteiger partial charge in [0, 0.05) is 55.5 Å². The number of aromatic nitrogens is 1. The zero-order valence-electron chi connectivity index (χ0n) is 38.5. The van der Waals surface area contributed by atoms with E-state index in [9.17, 15) is 24.3 Å². The first-order chi connectivity index (χ1) is 29.5. The molecule has 1 saturated heterocycles. The largest absolute Gasteiger partial charge is 0.508 e. The average Bonchev–Trinajstić information content (AvgIpc) is 3.54. The van der Waals surface area contributed by atoms with Gasteiger partial charge in [0.05, 0.1) is 18.9 Å². The van der Waals surface area contributed by atoms with Gasteiger partial charge in [-0.05, 0) is 90.6 Å². The average molecular weight is 953 g/mol. The zero-order valence-corrected chi connectivity index (χ0v) is 41.5. The third-order valence-electron chi connectivity index (χ3n) is 11.8. The van der Waals surface area contributed by atoms with Crippen LogP contribution in [0.1, 0.15) is 64.2 Å². The van der Waals surface area contributed by atoms with E-state index in [4.69, 9.17) is 20.9 Å². The fourth-order valence-electron chi connectivity index (χ4n) is 8.80. The van der Waals surface area contributed by atoms with Crippen LogP contribution in [0.15, 0.2) is 65.7 Å². The smallest absolute Gasteiger partial charge is 0.324 e. The Morgan fingerprint density at radius 2 is 1.78 bits per heavy atom. The molecule has 0 aliphatic carbocycles. The van der Waals surface area contributed by atoms with E-state index in [0.29, 0.717) is 38.0 Å². The van der Waals surface area contributed by atoms with E-state index >= 15 is 0 Å². The zero-order chi connectivity index (χ0) is 44.9. The maximum atomic E-state index is 14.6. The van der Waals surface area contributed by atoms with Gasteiger partial charge in [0.1, 0.15) is 30.4 Å². The number of fused-ring (bicyclic) bond motifs is 6. The molecular weight excluding hydrogens is 885 g/mol. The number of phenolic OH excluding ortho intramolecular Hbond substituents is 1. The van der Waals surface area contributed by atoms with Crippen molar-refractivity contribution in [1.82, 2.24) is 25.2 Å². The summed E-state index contributed by atoms with van der Waals surface area (Å²) in [6, 6.07) is 17.0. The Morgan fingerprint density at radius 1 is 1.06 bits per heavy atom. The van der Waals surface area contributed by atoms with Crippen LogP contribution in [0.5, 0.6) is 5.75 Å². The Bertz CT molecular complexity index is 2350. The topological polar surface area (TPSA) is 207 Å². The normalized spacial score (nSPS) is 17.6. The highest BCUT2D eigenvalue weighted by atomic mass is 32.1. The summed E-state index contributed by atoms with van der Waals surface area (Å²) in [4.78, 5) is 60.8. The molecule has 356 valence electrons. The van der Waals surface area contributed by atoms with Crippen LogP contribution in [-0.2, 0) is 54.5 Å². The number of methoxy groups -OCH3 is 1. The molecule has 18 heteroatoms. The molecule has 15 nitrogen and oxygen atoms in total. The molecule has 0 unspecified atom stereocenters. The summed E-state index contributed by atoms with van der Waals surface area (Å²) in [6.07, 6.45) is 2.27. The van der Waals surface area contributed by atoms with Crippen LogP contribution in [0.2, 0.25) is 0 Å². The molecule has 0 spiro atoms. The summed E-state index contributed by atoms with van der Waals surface area (Å²) in [6.45, 7) is 11.2. The van der Waals surface area contributed by atoms with E-state index < -0.39 is 47.2 Å². The summed E-state index contributed by atoms with van der Waals surface area (Å²) in [5.74, 6) is -2.62. The van der Waals surface area contributed by atoms with Crippen LogP contribution >= 0.6 is 40.5 Å². The van der Waals surface area contributed by atoms with Gasteiger partial charge >= 0.3 is 5.97 Å². The Kier molecular flexibility index (Phi) is 19.7. The lowest BCUT2D eigenvalue weighted by atomic mass is 9.83. The first-order valence-electron chi connectivity index (χ1n) is 21.4. The summed E-state index contributed by atoms with van der Waals surface area (Å²) in [5, 5.41) is 16.6. The molecule has 2 aliphatic heterocycles. The molecule has 2 aliphatic rings. The number of hydrogen-bond acceptors (Lipinski definition) is 9. The van der Waals surface area contributed by atoms with Crippen molar-refractivity contribution in [3.05, 3.63) is 77.4 Å². The molecule has 1 fully saturated rings. The van der Waals surface area contributed by atoms with Crippen molar-refractivity contribution < 1.29 is 33.8 Å². The van der Waals surface area contributed by atoms with Crippen LogP contribution in [-0.4, -0.2) is 108 Å². The van der Waals surface area contributed by atoms with Gasteiger partial charge < -0.3 is 40.8 Å². The molecule has 1 aromatic heterocycles. The second-order valence-electron chi connectivity index (χ2n) is 17.6. The van der Waals surface area contributed by atoms with Crippen LogP contribution < -0.4 is 22.2 Å². The molecule has 3 heterocycles. The van der Waals surface area contributed by atoms with Gasteiger partial charge in [-0.15, -0.1) is 0 Å². The minimum Gasteiger partial charge on any atom is -0.508 e. The van der Waals surface area contributed by atoms with Gasteiger partial charge in [-0.2, -0.15) is 40.5 Å². The molecule has 4 aromatic rings. The van der Waals surface area contributed by atoms with E-state index in [0.717, 1.165) is 50.8 Å². The number of amides is 3. The Balaban J connectivity index is 0.00000374. The van der Waals surface area contributed by atoms with E-state index in [-0.39, 0.29) is 84.2 Å². The number of esters is 1. The van der Waals surface area contributed by atoms with E-state index in [1.807, 2.05) is 18.2 Å². The van der Waals surface area contributed by atoms with E-state index in [2.05, 4.69) is 71.4 Å². The van der Waals surface area contributed by atoms with Crippen molar-refractivity contribution in [1.29, 1.82) is 0 Å². The number of rotatable bonds is 11. The van der Waals surface area contributed by atoms with Gasteiger partial charge in [-0.25, -0.2) is 10.4 Å². The second-order valence-corrected chi connectivity index (χ2v) is 17.6. The molecular formula is C47H68N8O7S3. The van der Waals surface area contributed by atoms with Crippen LogP contribution in [0.3, 0.4) is 0 Å². The van der Waals surface area contributed by atoms with Gasteiger partial charge in [0.15, 0.2) is 5.96 Å². The van der Waals surface area contributed by atoms with Gasteiger partial charge in [-0.3, -0.25) is 24.2 Å². The number of guanidine groups is 1. The van der Waals surface area contributed by atoms with Gasteiger partial charge in [-0.1, -0.05) is 64.1 Å². The lowest BCUT2D eigenvalue weighted by Crippen LogP contribution is -2.62. The maximum absolute atomic E-state index is 14.6. The molecule has 0 saturated carbocycles. The maximum Gasteiger partial charge on any atom is 0.324 e. The van der Waals surface area contributed by atoms with E-state index in [1.54, 1.807) is 33.1 Å². The number of nitrogens with one attached hydrogen (secondary N) is 2. The molecule has 3 atom stereocenters. The summed E-state index contributed by atoms with van der Waals surface area (Å²) in [5.41, 5.74) is 21.2. The predicted octanol–water partition coefficient (Wildman–Crippen LogP) is 4.63. The number of ether oxygens (including phenoxy) is 2. The number of nitrogens with two attached hydrogens (primary N) is 2. The molecule has 7 N–H and O–H groups in total. The summed E-state index contributed by atoms with van der Waals surface area (Å²) >= 11 is 0. The van der Waals surface area contributed by atoms with Crippen LogP contribution in [0.4, 0.5) is 0 Å². The number of hydrogen-bond donors (Lipinski definition) is 5. The molecule has 65 heavy (non-hydrogen) atoms. The SMILES string of the molecule is CCn1c(-c2ccccc2CCOC)c2c3cc(ccc31)-c1cc(O)cc(c1)C[C@H](NC(=O)[C@H](C(C)C)N(C)C(=O)CN=C(N)N)C(=O)N1CCC[C@H](N1)C(=O)OCC(C)(C)C2.S.S.S. The number of hydrazine groups is 1. The number of likely N-dealkylation sites (N-methyl/N-ethyl adjacent to an activating group) is 1. The first kappa shape index (κ1) is 54.5. The van der Waals surface area contributed by atoms with Crippen molar-refractivity contribution in [3.63, 3.8) is 0 Å². The number of carbonyl (C=O) groups is 4. The fourth-order valence-corrected chi connectivity index (χ4v) is 8.80. The lowest BCUT2D eigenvalue weighted by Gasteiger charge is -2.36. The first-order valence-corrected chi connectivity index (χ1v) is 21.4. The number of phenols is 1. The number of nitrogens with zero attached hydrogens (tertiary/aromatic N) is 4. The Morgan fingerprint density at radius 3 is 2.46 bits per heavy atom. The number of benzene rings is 3. The van der Waals surface area contributed by atoms with Crippen molar-refractivity contribution in [2.24, 2.45) is 27.8 Å². The number of aliphatic imine (C=N–C) groups is 1. The summed E-state index contributed by atoms with van der Waals surface area (Å²) < 4.78 is 13.9. The molecule has 3 aromatic carbocycles. The van der Waals surface area contributed by atoms with Crippen LogP contribution in [0.25, 0.3) is 33.3 Å². The molecule has 0 radical (unpaired) electrons. The molecule has 6 rings (SSSR count). The van der Waals surface area contributed by atoms with E-state index in [1.165, 1.54) is 17.0 Å². The number of aromatic hydroxyl groups is 1. The van der Waals surface area contributed by atoms with Crippen molar-refractivity contribution in [3.8, 4) is 28.1 Å². The number of cyclic esters (lactones) is 1. The van der Waals surface area contributed by atoms with Crippen molar-refractivity contribution in [2.75, 3.05) is 40.5 Å². The standard InChI is InChI=1S/C47H62N8O7.3H2S/c1-8-54-39-16-15-31-24-35(39)36(42(54)34-13-10-9-12-30(34)17-19-61-7)25-47(4,5)27-62-45(60)37-14-11-18-55(52-37)44(59)38(22-29-20-32(31)23-33(56)21-29)51-43(58)41(28(2)3)53(6)40(57)26-50-46(48)49;;;/h9-10,12-13,15-16,20-21,23-24,28,37-38,41,52,56H,8,11,14,17-19,22,25-27H2,1-7H3,(H,51,58)(H4,48,49,50);3*1H2/t37-,38-,41-;;;/m0.../s1. The second kappa shape index (κ2) is 23.5. The molecule has 6 bridgehead atoms. The monoisotopic (exact) mass is 952 g/mol. The quantitative estimate of drug-likeness (QED) is 0.0801. The fraction of sp³-hybridized carbons (Fsp3) is 0.468. The third-order valence-corrected chi connectivity index (χ3v) is 11.8.